The number of aromatic hydroxyl groups is 1. The summed E-state index contributed by atoms with van der Waals surface area (Å²) in [6.45, 7) is 0.216. The van der Waals surface area contributed by atoms with Crippen LogP contribution in [0.4, 0.5) is 5.69 Å². The summed E-state index contributed by atoms with van der Waals surface area (Å²) in [6, 6.07) is 2.95. The Labute approximate surface area is 103 Å². The van der Waals surface area contributed by atoms with Crippen LogP contribution >= 0.6 is 34.8 Å². The van der Waals surface area contributed by atoms with Crippen LogP contribution in [0.1, 0.15) is 0 Å². The minimum atomic E-state index is -0.691. The Hall–Kier alpha value is -0.350. The molecule has 84 valence electrons. The van der Waals surface area contributed by atoms with Gasteiger partial charge in [-0.1, -0.05) is 23.2 Å². The first kappa shape index (κ1) is 12.7. The van der Waals surface area contributed by atoms with Gasteiger partial charge in [0.15, 0.2) is 5.75 Å². The lowest BCUT2D eigenvalue weighted by Crippen LogP contribution is -2.20. The van der Waals surface area contributed by atoms with Gasteiger partial charge in [-0.2, -0.15) is 0 Å². The third-order valence-electron chi connectivity index (χ3n) is 1.73. The van der Waals surface area contributed by atoms with E-state index in [2.05, 4.69) is 5.32 Å². The zero-order valence-corrected chi connectivity index (χ0v) is 9.94. The number of benzene rings is 1. The predicted octanol–water partition coefficient (Wildman–Crippen LogP) is 2.71. The van der Waals surface area contributed by atoms with Crippen LogP contribution in [0.25, 0.3) is 0 Å². The van der Waals surface area contributed by atoms with Crippen molar-refractivity contribution in [2.75, 3.05) is 17.7 Å². The van der Waals surface area contributed by atoms with Gasteiger partial charge in [-0.05, 0) is 12.1 Å². The first-order chi connectivity index (χ1) is 7.04. The smallest absolute Gasteiger partial charge is 0.157 e. The molecule has 0 aliphatic heterocycles. The van der Waals surface area contributed by atoms with Crippen LogP contribution < -0.4 is 5.32 Å². The summed E-state index contributed by atoms with van der Waals surface area (Å²) in [7, 11) is 0. The lowest BCUT2D eigenvalue weighted by molar-refractivity contribution is 0.211. The van der Waals surface area contributed by atoms with Gasteiger partial charge in [-0.25, -0.2) is 0 Å². The van der Waals surface area contributed by atoms with Crippen LogP contribution in [-0.4, -0.2) is 28.7 Å². The topological polar surface area (TPSA) is 52.5 Å². The number of alkyl halides is 1. The molecule has 1 atom stereocenters. The number of nitrogens with one attached hydrogen (secondary N) is 1. The molecule has 0 amide bonds. The number of aliphatic hydroxyl groups is 1. The van der Waals surface area contributed by atoms with Crippen molar-refractivity contribution in [3.63, 3.8) is 0 Å². The van der Waals surface area contributed by atoms with Crippen molar-refractivity contribution in [1.82, 2.24) is 0 Å². The summed E-state index contributed by atoms with van der Waals surface area (Å²) in [6.07, 6.45) is -0.691. The molecule has 1 aromatic carbocycles. The third kappa shape index (κ3) is 3.61. The molecule has 0 spiro atoms. The van der Waals surface area contributed by atoms with Crippen LogP contribution in [0.15, 0.2) is 12.1 Å². The van der Waals surface area contributed by atoms with Gasteiger partial charge in [0.2, 0.25) is 0 Å². The Morgan fingerprint density at radius 2 is 2.00 bits per heavy atom. The third-order valence-corrected chi connectivity index (χ3v) is 2.60. The van der Waals surface area contributed by atoms with Crippen molar-refractivity contribution in [3.05, 3.63) is 22.2 Å². The molecule has 0 saturated heterocycles. The van der Waals surface area contributed by atoms with Crippen LogP contribution in [0.2, 0.25) is 10.0 Å². The molecule has 15 heavy (non-hydrogen) atoms. The first-order valence-electron chi connectivity index (χ1n) is 4.20. The standard InChI is InChI=1S/C9H10Cl3NO2/c10-3-6(14)4-13-8-2-5(11)1-7(12)9(8)15/h1-2,6,13-15H,3-4H2. The summed E-state index contributed by atoms with van der Waals surface area (Å²) in [4.78, 5) is 0. The molecular weight excluding hydrogens is 260 g/mol. The molecule has 0 fully saturated rings. The summed E-state index contributed by atoms with van der Waals surface area (Å²) in [5, 5.41) is 22.1. The molecule has 1 rings (SSSR count). The lowest BCUT2D eigenvalue weighted by Gasteiger charge is -2.12. The van der Waals surface area contributed by atoms with E-state index in [4.69, 9.17) is 34.8 Å². The zero-order valence-electron chi connectivity index (χ0n) is 7.67. The molecule has 6 heteroatoms. The lowest BCUT2D eigenvalue weighted by atomic mass is 10.2. The van der Waals surface area contributed by atoms with Gasteiger partial charge >= 0.3 is 0 Å². The van der Waals surface area contributed by atoms with Crippen molar-refractivity contribution in [2.45, 2.75) is 6.10 Å². The predicted molar refractivity (Wildman–Crippen MR) is 63.3 cm³/mol. The number of hydrogen-bond acceptors (Lipinski definition) is 3. The molecule has 0 aromatic heterocycles. The molecular formula is C9H10Cl3NO2. The van der Waals surface area contributed by atoms with Crippen molar-refractivity contribution in [1.29, 1.82) is 0 Å². The monoisotopic (exact) mass is 269 g/mol. The van der Waals surface area contributed by atoms with Crippen molar-refractivity contribution in [3.8, 4) is 5.75 Å². The summed E-state index contributed by atoms with van der Waals surface area (Å²) in [5.74, 6) is 0.0186. The SMILES string of the molecule is Oc1c(Cl)cc(Cl)cc1NCC(O)CCl. The Kier molecular flexibility index (Phi) is 4.80. The van der Waals surface area contributed by atoms with E-state index in [1.807, 2.05) is 0 Å². The first-order valence-corrected chi connectivity index (χ1v) is 5.49. The van der Waals surface area contributed by atoms with Gasteiger partial charge in [0, 0.05) is 11.6 Å². The minimum Gasteiger partial charge on any atom is -0.504 e. The highest BCUT2D eigenvalue weighted by Gasteiger charge is 2.09. The normalized spacial score (nSPS) is 12.5. The number of anilines is 1. The second-order valence-electron chi connectivity index (χ2n) is 2.97. The van der Waals surface area contributed by atoms with Crippen LogP contribution in [0.5, 0.6) is 5.75 Å². The summed E-state index contributed by atoms with van der Waals surface area (Å²) in [5.41, 5.74) is 0.372. The van der Waals surface area contributed by atoms with E-state index in [1.165, 1.54) is 12.1 Å². The highest BCUT2D eigenvalue weighted by atomic mass is 35.5. The maximum absolute atomic E-state index is 9.54. The second-order valence-corrected chi connectivity index (χ2v) is 4.13. The van der Waals surface area contributed by atoms with E-state index in [0.29, 0.717) is 10.7 Å². The number of phenolic OH excluding ortho intramolecular Hbond substituents is 1. The van der Waals surface area contributed by atoms with Gasteiger partial charge in [0.05, 0.1) is 22.7 Å². The molecule has 0 radical (unpaired) electrons. The molecule has 0 bridgehead atoms. The second kappa shape index (κ2) is 5.66. The van der Waals surface area contributed by atoms with Gasteiger partial charge < -0.3 is 15.5 Å². The largest absolute Gasteiger partial charge is 0.504 e. The van der Waals surface area contributed by atoms with Crippen LogP contribution in [0.3, 0.4) is 0 Å². The molecule has 0 heterocycles. The van der Waals surface area contributed by atoms with Crippen LogP contribution in [0, 0.1) is 0 Å². The quantitative estimate of drug-likeness (QED) is 0.582. The van der Waals surface area contributed by atoms with Crippen molar-refractivity contribution >= 4 is 40.5 Å². The number of phenols is 1. The van der Waals surface area contributed by atoms with E-state index in [0.717, 1.165) is 0 Å². The summed E-state index contributed by atoms with van der Waals surface area (Å²) < 4.78 is 0. The number of halogens is 3. The Morgan fingerprint density at radius 1 is 1.33 bits per heavy atom. The average Bonchev–Trinajstić information content (AvgIpc) is 2.20. The van der Waals surface area contributed by atoms with Gasteiger partial charge in [0.25, 0.3) is 0 Å². The van der Waals surface area contributed by atoms with Gasteiger partial charge in [-0.15, -0.1) is 11.6 Å². The van der Waals surface area contributed by atoms with Gasteiger partial charge in [0.1, 0.15) is 0 Å². The molecule has 1 aromatic rings. The maximum Gasteiger partial charge on any atom is 0.157 e. The Bertz CT molecular complexity index is 346. The van der Waals surface area contributed by atoms with E-state index in [1.54, 1.807) is 0 Å². The molecule has 0 aliphatic rings. The van der Waals surface area contributed by atoms with E-state index >= 15 is 0 Å². The van der Waals surface area contributed by atoms with Gasteiger partial charge in [-0.3, -0.25) is 0 Å². The van der Waals surface area contributed by atoms with Crippen LogP contribution in [-0.2, 0) is 0 Å². The number of hydrogen-bond donors (Lipinski definition) is 3. The maximum atomic E-state index is 9.54. The van der Waals surface area contributed by atoms with E-state index in [-0.39, 0.29) is 23.2 Å². The van der Waals surface area contributed by atoms with E-state index in [9.17, 15) is 10.2 Å². The average molecular weight is 271 g/mol. The number of rotatable bonds is 4. The molecule has 3 N–H and O–H groups in total. The highest BCUT2D eigenvalue weighted by molar-refractivity contribution is 6.36. The minimum absolute atomic E-state index is 0.0946. The van der Waals surface area contributed by atoms with E-state index < -0.39 is 6.10 Å². The molecule has 1 unspecified atom stereocenters. The molecule has 0 saturated carbocycles. The van der Waals surface area contributed by atoms with Crippen molar-refractivity contribution in [2.24, 2.45) is 0 Å². The number of aliphatic hydroxyl groups excluding tert-OH is 1. The Morgan fingerprint density at radius 3 is 2.60 bits per heavy atom. The summed E-state index contributed by atoms with van der Waals surface area (Å²) >= 11 is 16.9. The highest BCUT2D eigenvalue weighted by Crippen LogP contribution is 2.34. The fourth-order valence-electron chi connectivity index (χ4n) is 0.983. The Balaban J connectivity index is 2.76. The molecule has 3 nitrogen and oxygen atoms in total. The fraction of sp³-hybridized carbons (Fsp3) is 0.333. The molecule has 0 aliphatic carbocycles. The van der Waals surface area contributed by atoms with Crippen molar-refractivity contribution < 1.29 is 10.2 Å². The fourth-order valence-corrected chi connectivity index (χ4v) is 1.59. The zero-order chi connectivity index (χ0) is 11.4.